The molecule has 0 aliphatic heterocycles. The molecular weight excluding hydrogens is 272 g/mol. The Hall–Kier alpha value is -2.89. The second kappa shape index (κ2) is 6.51. The van der Waals surface area contributed by atoms with Crippen LogP contribution in [0.4, 0.5) is 11.4 Å². The molecule has 0 aromatic heterocycles. The number of nitrogens with zero attached hydrogens (tertiary/aromatic N) is 2. The number of benzene rings is 2. The first-order chi connectivity index (χ1) is 10.2. The SMILES string of the molecule is COC(=O)c1ccccc1N=[N+]([O-])c1ccc(OC)cc1. The first-order valence-corrected chi connectivity index (χ1v) is 6.16. The van der Waals surface area contributed by atoms with Crippen LogP contribution in [0.15, 0.2) is 53.6 Å². The predicted octanol–water partition coefficient (Wildman–Crippen LogP) is 3.41. The van der Waals surface area contributed by atoms with Crippen molar-refractivity contribution in [1.82, 2.24) is 0 Å². The van der Waals surface area contributed by atoms with Crippen LogP contribution < -0.4 is 4.74 Å². The Morgan fingerprint density at radius 1 is 1.10 bits per heavy atom. The summed E-state index contributed by atoms with van der Waals surface area (Å²) in [6.45, 7) is 0. The molecule has 0 aliphatic carbocycles. The van der Waals surface area contributed by atoms with Crippen LogP contribution in [0.25, 0.3) is 0 Å². The zero-order chi connectivity index (χ0) is 15.2. The quantitative estimate of drug-likeness (QED) is 0.373. The normalized spacial score (nSPS) is 11.0. The Labute approximate surface area is 121 Å². The van der Waals surface area contributed by atoms with Gasteiger partial charge in [0.05, 0.1) is 19.8 Å². The lowest BCUT2D eigenvalue weighted by Gasteiger charge is -2.04. The second-order valence-electron chi connectivity index (χ2n) is 4.08. The molecule has 21 heavy (non-hydrogen) atoms. The first kappa shape index (κ1) is 14.5. The van der Waals surface area contributed by atoms with Gasteiger partial charge in [-0.05, 0) is 24.3 Å². The summed E-state index contributed by atoms with van der Waals surface area (Å²) in [4.78, 5) is 12.1. The Kier molecular flexibility index (Phi) is 4.50. The van der Waals surface area contributed by atoms with E-state index in [0.29, 0.717) is 16.3 Å². The highest BCUT2D eigenvalue weighted by molar-refractivity contribution is 5.94. The van der Waals surface area contributed by atoms with Crippen molar-refractivity contribution in [1.29, 1.82) is 0 Å². The molecule has 0 amide bonds. The van der Waals surface area contributed by atoms with Crippen molar-refractivity contribution in [2.45, 2.75) is 0 Å². The van der Waals surface area contributed by atoms with Crippen LogP contribution in [0.1, 0.15) is 10.4 Å². The maximum atomic E-state index is 12.0. The third-order valence-electron chi connectivity index (χ3n) is 2.80. The molecule has 0 saturated heterocycles. The van der Waals surface area contributed by atoms with Crippen LogP contribution in [-0.4, -0.2) is 25.0 Å². The number of hydrogen-bond acceptors (Lipinski definition) is 5. The van der Waals surface area contributed by atoms with E-state index in [4.69, 9.17) is 4.74 Å². The molecule has 0 aliphatic rings. The minimum Gasteiger partial charge on any atom is -0.594 e. The minimum atomic E-state index is -0.544. The highest BCUT2D eigenvalue weighted by atomic mass is 16.5. The number of carbonyl (C=O) groups is 1. The van der Waals surface area contributed by atoms with E-state index in [1.807, 2.05) is 0 Å². The number of hydrogen-bond donors (Lipinski definition) is 0. The number of methoxy groups -OCH3 is 2. The molecular formula is C15H14N2O4. The average molecular weight is 286 g/mol. The number of ether oxygens (including phenoxy) is 2. The summed E-state index contributed by atoms with van der Waals surface area (Å²) < 4.78 is 9.68. The lowest BCUT2D eigenvalue weighted by molar-refractivity contribution is -0.435. The number of azo groups is 1. The van der Waals surface area contributed by atoms with Gasteiger partial charge in [0, 0.05) is 17.2 Å². The molecule has 108 valence electrons. The van der Waals surface area contributed by atoms with Crippen molar-refractivity contribution in [3.05, 3.63) is 59.3 Å². The molecule has 6 heteroatoms. The van der Waals surface area contributed by atoms with Crippen molar-refractivity contribution in [2.75, 3.05) is 14.2 Å². The van der Waals surface area contributed by atoms with Crippen LogP contribution in [0.5, 0.6) is 5.75 Å². The van der Waals surface area contributed by atoms with E-state index in [0.717, 1.165) is 0 Å². The zero-order valence-corrected chi connectivity index (χ0v) is 11.6. The van der Waals surface area contributed by atoms with E-state index in [-0.39, 0.29) is 11.3 Å². The minimum absolute atomic E-state index is 0.231. The second-order valence-corrected chi connectivity index (χ2v) is 4.08. The average Bonchev–Trinajstić information content (AvgIpc) is 2.54. The van der Waals surface area contributed by atoms with Gasteiger partial charge < -0.3 is 14.7 Å². The monoisotopic (exact) mass is 286 g/mol. The van der Waals surface area contributed by atoms with Gasteiger partial charge in [-0.3, -0.25) is 0 Å². The number of rotatable bonds is 4. The van der Waals surface area contributed by atoms with Gasteiger partial charge in [-0.1, -0.05) is 17.0 Å². The number of esters is 1. The van der Waals surface area contributed by atoms with Gasteiger partial charge in [0.1, 0.15) is 11.4 Å². The summed E-state index contributed by atoms with van der Waals surface area (Å²) in [6.07, 6.45) is 0. The smallest absolute Gasteiger partial charge is 0.340 e. The van der Waals surface area contributed by atoms with Gasteiger partial charge in [0.15, 0.2) is 0 Å². The van der Waals surface area contributed by atoms with Crippen molar-refractivity contribution >= 4 is 17.3 Å². The Balaban J connectivity index is 2.36. The van der Waals surface area contributed by atoms with E-state index in [2.05, 4.69) is 9.85 Å². The zero-order valence-electron chi connectivity index (χ0n) is 11.6. The van der Waals surface area contributed by atoms with E-state index in [1.54, 1.807) is 55.6 Å². The van der Waals surface area contributed by atoms with Crippen LogP contribution >= 0.6 is 0 Å². The van der Waals surface area contributed by atoms with Gasteiger partial charge in [-0.25, -0.2) is 4.79 Å². The summed E-state index contributed by atoms with van der Waals surface area (Å²) in [5.41, 5.74) is 0.806. The summed E-state index contributed by atoms with van der Waals surface area (Å²) in [5.74, 6) is 0.0968. The highest BCUT2D eigenvalue weighted by Gasteiger charge is 2.14. The lowest BCUT2D eigenvalue weighted by Crippen LogP contribution is -2.02. The summed E-state index contributed by atoms with van der Waals surface area (Å²) in [7, 11) is 2.82. The fourth-order valence-electron chi connectivity index (χ4n) is 1.71. The van der Waals surface area contributed by atoms with E-state index >= 15 is 0 Å². The Morgan fingerprint density at radius 3 is 2.38 bits per heavy atom. The molecule has 0 bridgehead atoms. The largest absolute Gasteiger partial charge is 0.594 e. The molecule has 2 rings (SSSR count). The molecule has 6 nitrogen and oxygen atoms in total. The predicted molar refractivity (Wildman–Crippen MR) is 76.2 cm³/mol. The third kappa shape index (κ3) is 3.36. The third-order valence-corrected chi connectivity index (χ3v) is 2.80. The molecule has 0 heterocycles. The standard InChI is InChI=1S/C15H14N2O4/c1-20-12-9-7-11(8-10-12)17(19)16-14-6-4-3-5-13(14)15(18)21-2/h3-10H,1-2H3. The van der Waals surface area contributed by atoms with E-state index < -0.39 is 5.97 Å². The molecule has 0 atom stereocenters. The van der Waals surface area contributed by atoms with Crippen molar-refractivity contribution in [3.8, 4) is 5.75 Å². The van der Waals surface area contributed by atoms with Gasteiger partial charge in [0.2, 0.25) is 5.69 Å². The highest BCUT2D eigenvalue weighted by Crippen LogP contribution is 2.23. The Morgan fingerprint density at radius 2 is 1.76 bits per heavy atom. The molecule has 2 aromatic rings. The van der Waals surface area contributed by atoms with E-state index in [9.17, 15) is 10.0 Å². The molecule has 0 fully saturated rings. The Bertz CT molecular complexity index is 666. The van der Waals surface area contributed by atoms with Crippen LogP contribution in [0.3, 0.4) is 0 Å². The molecule has 0 N–H and O–H groups in total. The fourth-order valence-corrected chi connectivity index (χ4v) is 1.71. The molecule has 0 radical (unpaired) electrons. The molecule has 0 saturated carbocycles. The van der Waals surface area contributed by atoms with Crippen LogP contribution in [-0.2, 0) is 4.74 Å². The molecule has 2 aromatic carbocycles. The van der Waals surface area contributed by atoms with Crippen molar-refractivity contribution in [2.24, 2.45) is 5.11 Å². The molecule has 0 unspecified atom stereocenters. The van der Waals surface area contributed by atoms with E-state index in [1.165, 1.54) is 7.11 Å². The maximum absolute atomic E-state index is 12.0. The topological polar surface area (TPSA) is 74.0 Å². The summed E-state index contributed by atoms with van der Waals surface area (Å²) in [6, 6.07) is 12.9. The van der Waals surface area contributed by atoms with Gasteiger partial charge in [-0.2, -0.15) is 0 Å². The van der Waals surface area contributed by atoms with Gasteiger partial charge in [-0.15, -0.1) is 0 Å². The summed E-state index contributed by atoms with van der Waals surface area (Å²) in [5, 5.41) is 15.9. The van der Waals surface area contributed by atoms with Crippen molar-refractivity contribution < 1.29 is 19.1 Å². The molecule has 0 spiro atoms. The van der Waals surface area contributed by atoms with Gasteiger partial charge in [0.25, 0.3) is 0 Å². The number of carbonyl (C=O) groups excluding carboxylic acids is 1. The van der Waals surface area contributed by atoms with Crippen molar-refractivity contribution in [3.63, 3.8) is 0 Å². The van der Waals surface area contributed by atoms with Crippen LogP contribution in [0, 0.1) is 5.21 Å². The van der Waals surface area contributed by atoms with Gasteiger partial charge >= 0.3 is 5.97 Å². The van der Waals surface area contributed by atoms with Crippen LogP contribution in [0.2, 0.25) is 0 Å². The first-order valence-electron chi connectivity index (χ1n) is 6.16. The fraction of sp³-hybridized carbons (Fsp3) is 0.133. The summed E-state index contributed by atoms with van der Waals surface area (Å²) >= 11 is 0. The lowest BCUT2D eigenvalue weighted by atomic mass is 10.2. The maximum Gasteiger partial charge on any atom is 0.340 e.